The van der Waals surface area contributed by atoms with Gasteiger partial charge >= 0.3 is 0 Å². The average Bonchev–Trinajstić information content (AvgIpc) is 3.13. The van der Waals surface area contributed by atoms with Crippen molar-refractivity contribution in [1.29, 1.82) is 0 Å². The molecule has 0 aliphatic heterocycles. The van der Waals surface area contributed by atoms with E-state index in [-0.39, 0.29) is 0 Å². The summed E-state index contributed by atoms with van der Waals surface area (Å²) in [5, 5.41) is 0. The molecular weight excluding hydrogens is 208 g/mol. The monoisotopic (exact) mass is 232 g/mol. The fraction of sp³-hybridized carbons (Fsp3) is 0.600. The van der Waals surface area contributed by atoms with Gasteiger partial charge in [-0.1, -0.05) is 31.2 Å². The van der Waals surface area contributed by atoms with E-state index in [2.05, 4.69) is 36.1 Å². The Balaban J connectivity index is 1.94. The van der Waals surface area contributed by atoms with Crippen molar-refractivity contribution in [2.24, 2.45) is 11.7 Å². The van der Waals surface area contributed by atoms with Gasteiger partial charge in [0.25, 0.3) is 0 Å². The summed E-state index contributed by atoms with van der Waals surface area (Å²) in [7, 11) is 0. The van der Waals surface area contributed by atoms with E-state index in [9.17, 15) is 0 Å². The van der Waals surface area contributed by atoms with Crippen molar-refractivity contribution in [2.75, 3.05) is 13.1 Å². The van der Waals surface area contributed by atoms with Crippen LogP contribution in [0.25, 0.3) is 0 Å². The molecule has 0 aromatic heterocycles. The number of rotatable bonds is 7. The van der Waals surface area contributed by atoms with E-state index < -0.39 is 0 Å². The van der Waals surface area contributed by atoms with E-state index in [0.717, 1.165) is 12.5 Å². The lowest BCUT2D eigenvalue weighted by molar-refractivity contribution is 0.255. The molecule has 0 unspecified atom stereocenters. The molecule has 1 aliphatic carbocycles. The van der Waals surface area contributed by atoms with Crippen LogP contribution in [0.2, 0.25) is 0 Å². The van der Waals surface area contributed by atoms with Crippen LogP contribution in [0.15, 0.2) is 24.3 Å². The molecule has 1 aromatic rings. The summed E-state index contributed by atoms with van der Waals surface area (Å²) in [6.45, 7) is 6.47. The average molecular weight is 232 g/mol. The molecule has 17 heavy (non-hydrogen) atoms. The van der Waals surface area contributed by atoms with Gasteiger partial charge < -0.3 is 5.73 Å². The maximum absolute atomic E-state index is 5.69. The van der Waals surface area contributed by atoms with Gasteiger partial charge in [0.1, 0.15) is 0 Å². The Kier molecular flexibility index (Phi) is 4.57. The SMILES string of the molecule is CCCN(Cc1cccc(CN)c1)CC1CC1. The molecule has 0 spiro atoms. The van der Waals surface area contributed by atoms with Gasteiger partial charge in [0.05, 0.1) is 0 Å². The lowest BCUT2D eigenvalue weighted by Crippen LogP contribution is -2.26. The minimum Gasteiger partial charge on any atom is -0.326 e. The summed E-state index contributed by atoms with van der Waals surface area (Å²) >= 11 is 0. The first-order valence-corrected chi connectivity index (χ1v) is 6.82. The fourth-order valence-corrected chi connectivity index (χ4v) is 2.33. The van der Waals surface area contributed by atoms with Gasteiger partial charge in [-0.05, 0) is 42.9 Å². The third-order valence-corrected chi connectivity index (χ3v) is 3.39. The predicted molar refractivity (Wildman–Crippen MR) is 72.6 cm³/mol. The van der Waals surface area contributed by atoms with Crippen LogP contribution < -0.4 is 5.73 Å². The van der Waals surface area contributed by atoms with Crippen molar-refractivity contribution in [1.82, 2.24) is 4.90 Å². The van der Waals surface area contributed by atoms with Crippen LogP contribution in [-0.4, -0.2) is 18.0 Å². The standard InChI is InChI=1S/C15H24N2/c1-2-8-17(11-13-6-7-13)12-15-5-3-4-14(9-15)10-16/h3-5,9,13H,2,6-8,10-12,16H2,1H3. The van der Waals surface area contributed by atoms with Crippen molar-refractivity contribution in [3.63, 3.8) is 0 Å². The van der Waals surface area contributed by atoms with Crippen LogP contribution in [0.1, 0.15) is 37.3 Å². The Hall–Kier alpha value is -0.860. The second kappa shape index (κ2) is 6.18. The van der Waals surface area contributed by atoms with Crippen LogP contribution in [0, 0.1) is 5.92 Å². The van der Waals surface area contributed by atoms with Crippen molar-refractivity contribution in [2.45, 2.75) is 39.3 Å². The summed E-state index contributed by atoms with van der Waals surface area (Å²) in [6.07, 6.45) is 4.11. The molecule has 0 heterocycles. The molecule has 2 nitrogen and oxygen atoms in total. The number of benzene rings is 1. The van der Waals surface area contributed by atoms with E-state index in [0.29, 0.717) is 6.54 Å². The lowest BCUT2D eigenvalue weighted by Gasteiger charge is -2.21. The molecule has 1 aliphatic rings. The van der Waals surface area contributed by atoms with Crippen LogP contribution in [0.3, 0.4) is 0 Å². The quantitative estimate of drug-likeness (QED) is 0.783. The fourth-order valence-electron chi connectivity index (χ4n) is 2.33. The molecule has 1 aromatic carbocycles. The van der Waals surface area contributed by atoms with Gasteiger partial charge in [0.2, 0.25) is 0 Å². The number of hydrogen-bond acceptors (Lipinski definition) is 2. The molecule has 1 saturated carbocycles. The predicted octanol–water partition coefficient (Wildman–Crippen LogP) is 2.77. The van der Waals surface area contributed by atoms with Crippen molar-refractivity contribution in [3.05, 3.63) is 35.4 Å². The summed E-state index contributed by atoms with van der Waals surface area (Å²) < 4.78 is 0. The first kappa shape index (κ1) is 12.6. The van der Waals surface area contributed by atoms with Crippen LogP contribution >= 0.6 is 0 Å². The van der Waals surface area contributed by atoms with Gasteiger partial charge in [-0.2, -0.15) is 0 Å². The topological polar surface area (TPSA) is 29.3 Å². The Bertz CT molecular complexity index is 345. The van der Waals surface area contributed by atoms with Crippen LogP contribution in [0.4, 0.5) is 0 Å². The number of nitrogens with two attached hydrogens (primary N) is 1. The summed E-state index contributed by atoms with van der Waals surface area (Å²) in [5.74, 6) is 0.972. The minimum absolute atomic E-state index is 0.643. The molecule has 0 amide bonds. The largest absolute Gasteiger partial charge is 0.326 e. The number of hydrogen-bond donors (Lipinski definition) is 1. The molecule has 0 bridgehead atoms. The Morgan fingerprint density at radius 1 is 1.29 bits per heavy atom. The molecule has 0 saturated heterocycles. The van der Waals surface area contributed by atoms with Gasteiger partial charge in [0.15, 0.2) is 0 Å². The van der Waals surface area contributed by atoms with Crippen LogP contribution in [-0.2, 0) is 13.1 Å². The van der Waals surface area contributed by atoms with Gasteiger partial charge in [0, 0.05) is 19.6 Å². The summed E-state index contributed by atoms with van der Waals surface area (Å²) in [4.78, 5) is 2.59. The molecule has 2 N–H and O–H groups in total. The van der Waals surface area contributed by atoms with Gasteiger partial charge in [-0.25, -0.2) is 0 Å². The van der Waals surface area contributed by atoms with E-state index in [1.165, 1.54) is 43.5 Å². The van der Waals surface area contributed by atoms with Crippen molar-refractivity contribution < 1.29 is 0 Å². The van der Waals surface area contributed by atoms with E-state index in [1.807, 2.05) is 0 Å². The summed E-state index contributed by atoms with van der Waals surface area (Å²) in [6, 6.07) is 8.69. The molecule has 2 heteroatoms. The zero-order chi connectivity index (χ0) is 12.1. The first-order valence-electron chi connectivity index (χ1n) is 6.82. The molecule has 1 fully saturated rings. The molecule has 94 valence electrons. The third kappa shape index (κ3) is 4.14. The van der Waals surface area contributed by atoms with Gasteiger partial charge in [-0.15, -0.1) is 0 Å². The second-order valence-corrected chi connectivity index (χ2v) is 5.20. The zero-order valence-electron chi connectivity index (χ0n) is 10.9. The lowest BCUT2D eigenvalue weighted by atomic mass is 10.1. The highest BCUT2D eigenvalue weighted by Crippen LogP contribution is 2.30. The Labute approximate surface area is 105 Å². The highest BCUT2D eigenvalue weighted by molar-refractivity contribution is 5.23. The van der Waals surface area contributed by atoms with E-state index in [1.54, 1.807) is 0 Å². The Morgan fingerprint density at radius 2 is 2.06 bits per heavy atom. The second-order valence-electron chi connectivity index (χ2n) is 5.20. The minimum atomic E-state index is 0.643. The number of nitrogens with zero attached hydrogens (tertiary/aromatic N) is 1. The third-order valence-electron chi connectivity index (χ3n) is 3.39. The molecule has 0 radical (unpaired) electrons. The zero-order valence-corrected chi connectivity index (χ0v) is 10.9. The first-order chi connectivity index (χ1) is 8.31. The molecule has 2 rings (SSSR count). The van der Waals surface area contributed by atoms with E-state index >= 15 is 0 Å². The maximum Gasteiger partial charge on any atom is 0.0233 e. The highest BCUT2D eigenvalue weighted by atomic mass is 15.1. The normalized spacial score (nSPS) is 15.5. The molecular formula is C15H24N2. The van der Waals surface area contributed by atoms with Crippen molar-refractivity contribution in [3.8, 4) is 0 Å². The summed E-state index contributed by atoms with van der Waals surface area (Å²) in [5.41, 5.74) is 8.33. The maximum atomic E-state index is 5.69. The van der Waals surface area contributed by atoms with E-state index in [4.69, 9.17) is 5.73 Å². The smallest absolute Gasteiger partial charge is 0.0233 e. The Morgan fingerprint density at radius 3 is 2.71 bits per heavy atom. The van der Waals surface area contributed by atoms with Crippen LogP contribution in [0.5, 0.6) is 0 Å². The van der Waals surface area contributed by atoms with Gasteiger partial charge in [-0.3, -0.25) is 4.90 Å². The highest BCUT2D eigenvalue weighted by Gasteiger charge is 2.23. The molecule has 0 atom stereocenters. The van der Waals surface area contributed by atoms with Crippen molar-refractivity contribution >= 4 is 0 Å².